The Bertz CT molecular complexity index is 1240. The lowest BCUT2D eigenvalue weighted by atomic mass is 10.1. The van der Waals surface area contributed by atoms with Crippen LogP contribution in [0.4, 0.5) is 11.4 Å². The lowest BCUT2D eigenvalue weighted by Gasteiger charge is -2.26. The van der Waals surface area contributed by atoms with Crippen molar-refractivity contribution in [3.05, 3.63) is 59.4 Å². The first-order valence-corrected chi connectivity index (χ1v) is 11.2. The Balaban J connectivity index is 1.45. The standard InChI is InChI=1S/C25H25N3O5/c1-2-21(29)28-10-9-16-15-17(7-8-19(16)28)24(30)26-22-18-5-3-4-6-20(18)33-23(22)25(31)27-11-13-32-14-12-27/h3-8,15H,2,9-14H2,1H3,(H,26,30). The first kappa shape index (κ1) is 21.2. The van der Waals surface area contributed by atoms with E-state index in [1.54, 1.807) is 21.9 Å². The average molecular weight is 447 g/mol. The molecule has 5 rings (SSSR count). The summed E-state index contributed by atoms with van der Waals surface area (Å²) in [5.74, 6) is -0.414. The van der Waals surface area contributed by atoms with Gasteiger partial charge in [-0.15, -0.1) is 0 Å². The van der Waals surface area contributed by atoms with Crippen LogP contribution in [0.2, 0.25) is 0 Å². The summed E-state index contributed by atoms with van der Waals surface area (Å²) >= 11 is 0. The van der Waals surface area contributed by atoms with E-state index in [2.05, 4.69) is 5.32 Å². The van der Waals surface area contributed by atoms with E-state index in [1.165, 1.54) is 0 Å². The molecule has 2 aromatic carbocycles. The molecule has 2 aliphatic rings. The van der Waals surface area contributed by atoms with E-state index in [1.807, 2.05) is 37.3 Å². The minimum atomic E-state index is -0.333. The van der Waals surface area contributed by atoms with Crippen LogP contribution in [0, 0.1) is 0 Å². The summed E-state index contributed by atoms with van der Waals surface area (Å²) in [5.41, 5.74) is 3.19. The number of hydrogen-bond donors (Lipinski definition) is 1. The second kappa shape index (κ2) is 8.71. The molecule has 8 heteroatoms. The van der Waals surface area contributed by atoms with Gasteiger partial charge in [0.25, 0.3) is 11.8 Å². The second-order valence-corrected chi connectivity index (χ2v) is 8.15. The van der Waals surface area contributed by atoms with E-state index in [4.69, 9.17) is 9.15 Å². The predicted molar refractivity (Wildman–Crippen MR) is 124 cm³/mol. The van der Waals surface area contributed by atoms with Gasteiger partial charge in [0.2, 0.25) is 11.7 Å². The maximum absolute atomic E-state index is 13.2. The number of rotatable bonds is 4. The quantitative estimate of drug-likeness (QED) is 0.661. The van der Waals surface area contributed by atoms with Crippen molar-refractivity contribution in [3.63, 3.8) is 0 Å². The van der Waals surface area contributed by atoms with E-state index in [-0.39, 0.29) is 23.5 Å². The number of morpholine rings is 1. The van der Waals surface area contributed by atoms with E-state index in [0.29, 0.717) is 67.9 Å². The molecule has 1 N–H and O–H groups in total. The lowest BCUT2D eigenvalue weighted by molar-refractivity contribution is -0.118. The molecule has 3 amide bonds. The second-order valence-electron chi connectivity index (χ2n) is 8.15. The molecule has 0 atom stereocenters. The first-order chi connectivity index (χ1) is 16.1. The molecule has 3 heterocycles. The van der Waals surface area contributed by atoms with Crippen LogP contribution in [0.3, 0.4) is 0 Å². The number of amides is 3. The van der Waals surface area contributed by atoms with Crippen LogP contribution in [0.1, 0.15) is 39.8 Å². The predicted octanol–water partition coefficient (Wildman–Crippen LogP) is 3.46. The number of hydrogen-bond acceptors (Lipinski definition) is 5. The highest BCUT2D eigenvalue weighted by molar-refractivity contribution is 6.14. The number of fused-ring (bicyclic) bond motifs is 2. The molecule has 0 bridgehead atoms. The molecular formula is C25H25N3O5. The Hall–Kier alpha value is -3.65. The molecule has 1 aromatic heterocycles. The van der Waals surface area contributed by atoms with Crippen LogP contribution >= 0.6 is 0 Å². The summed E-state index contributed by atoms with van der Waals surface area (Å²) in [6.07, 6.45) is 1.15. The summed E-state index contributed by atoms with van der Waals surface area (Å²) in [6, 6.07) is 12.6. The largest absolute Gasteiger partial charge is 0.449 e. The van der Waals surface area contributed by atoms with Crippen molar-refractivity contribution in [2.45, 2.75) is 19.8 Å². The summed E-state index contributed by atoms with van der Waals surface area (Å²) in [4.78, 5) is 42.0. The maximum Gasteiger partial charge on any atom is 0.291 e. The van der Waals surface area contributed by atoms with Gasteiger partial charge in [0.15, 0.2) is 0 Å². The topological polar surface area (TPSA) is 92.1 Å². The number of carbonyl (C=O) groups excluding carboxylic acids is 3. The zero-order chi connectivity index (χ0) is 22.9. The Labute approximate surface area is 191 Å². The highest BCUT2D eigenvalue weighted by Crippen LogP contribution is 2.33. The smallest absolute Gasteiger partial charge is 0.291 e. The van der Waals surface area contributed by atoms with Crippen LogP contribution in [-0.2, 0) is 16.0 Å². The van der Waals surface area contributed by atoms with E-state index < -0.39 is 0 Å². The van der Waals surface area contributed by atoms with Crippen molar-refractivity contribution in [1.82, 2.24) is 4.90 Å². The van der Waals surface area contributed by atoms with Crippen LogP contribution < -0.4 is 10.2 Å². The number of nitrogens with one attached hydrogen (secondary N) is 1. The highest BCUT2D eigenvalue weighted by atomic mass is 16.5. The van der Waals surface area contributed by atoms with Gasteiger partial charge < -0.3 is 24.3 Å². The third-order valence-corrected chi connectivity index (χ3v) is 6.17. The molecule has 3 aromatic rings. The molecule has 1 saturated heterocycles. The zero-order valence-electron chi connectivity index (χ0n) is 18.4. The normalized spacial score (nSPS) is 15.5. The van der Waals surface area contributed by atoms with Crippen molar-refractivity contribution in [2.24, 2.45) is 0 Å². The number of para-hydroxylation sites is 1. The van der Waals surface area contributed by atoms with Gasteiger partial charge in [0.05, 0.1) is 13.2 Å². The third kappa shape index (κ3) is 3.87. The molecule has 0 saturated carbocycles. The summed E-state index contributed by atoms with van der Waals surface area (Å²) in [5, 5.41) is 3.58. The lowest BCUT2D eigenvalue weighted by Crippen LogP contribution is -2.40. The van der Waals surface area contributed by atoms with Gasteiger partial charge in [-0.25, -0.2) is 0 Å². The number of anilines is 2. The Morgan fingerprint density at radius 3 is 2.61 bits per heavy atom. The van der Waals surface area contributed by atoms with Gasteiger partial charge in [-0.05, 0) is 42.3 Å². The molecule has 33 heavy (non-hydrogen) atoms. The number of carbonyl (C=O) groups is 3. The average Bonchev–Trinajstić information content (AvgIpc) is 3.45. The van der Waals surface area contributed by atoms with Crippen LogP contribution in [0.15, 0.2) is 46.9 Å². The van der Waals surface area contributed by atoms with Gasteiger partial charge in [0.1, 0.15) is 11.3 Å². The Morgan fingerprint density at radius 2 is 1.82 bits per heavy atom. The third-order valence-electron chi connectivity index (χ3n) is 6.17. The van der Waals surface area contributed by atoms with E-state index in [0.717, 1.165) is 11.3 Å². The number of benzene rings is 2. The fourth-order valence-corrected chi connectivity index (χ4v) is 4.41. The molecular weight excluding hydrogens is 422 g/mol. The van der Waals surface area contributed by atoms with Gasteiger partial charge in [-0.3, -0.25) is 14.4 Å². The summed E-state index contributed by atoms with van der Waals surface area (Å²) < 4.78 is 11.2. The summed E-state index contributed by atoms with van der Waals surface area (Å²) in [6.45, 7) is 4.35. The molecule has 0 radical (unpaired) electrons. The van der Waals surface area contributed by atoms with Crippen LogP contribution in [0.25, 0.3) is 11.0 Å². The SMILES string of the molecule is CCC(=O)N1CCc2cc(C(=O)Nc3c(C(=O)N4CCOCC4)oc4ccccc34)ccc21. The molecule has 2 aliphatic heterocycles. The minimum Gasteiger partial charge on any atom is -0.449 e. The van der Waals surface area contributed by atoms with Gasteiger partial charge in [-0.2, -0.15) is 0 Å². The number of furan rings is 1. The van der Waals surface area contributed by atoms with Crippen LogP contribution in [0.5, 0.6) is 0 Å². The van der Waals surface area contributed by atoms with Crippen LogP contribution in [-0.4, -0.2) is 55.5 Å². The number of ether oxygens (including phenoxy) is 1. The van der Waals surface area contributed by atoms with Crippen molar-refractivity contribution >= 4 is 40.1 Å². The molecule has 1 fully saturated rings. The van der Waals surface area contributed by atoms with E-state index in [9.17, 15) is 14.4 Å². The Kier molecular flexibility index (Phi) is 5.60. The molecule has 170 valence electrons. The van der Waals surface area contributed by atoms with Gasteiger partial charge in [-0.1, -0.05) is 19.1 Å². The monoisotopic (exact) mass is 447 g/mol. The molecule has 0 aliphatic carbocycles. The van der Waals surface area contributed by atoms with Crippen molar-refractivity contribution in [2.75, 3.05) is 43.1 Å². The fourth-order valence-electron chi connectivity index (χ4n) is 4.41. The molecule has 0 unspecified atom stereocenters. The maximum atomic E-state index is 13.2. The fraction of sp³-hybridized carbons (Fsp3) is 0.320. The van der Waals surface area contributed by atoms with Crippen molar-refractivity contribution in [3.8, 4) is 0 Å². The highest BCUT2D eigenvalue weighted by Gasteiger charge is 2.29. The minimum absolute atomic E-state index is 0.0714. The zero-order valence-corrected chi connectivity index (χ0v) is 18.4. The van der Waals surface area contributed by atoms with E-state index >= 15 is 0 Å². The number of nitrogens with zero attached hydrogens (tertiary/aromatic N) is 2. The van der Waals surface area contributed by atoms with Gasteiger partial charge in [0, 0.05) is 42.7 Å². The first-order valence-electron chi connectivity index (χ1n) is 11.2. The molecule has 0 spiro atoms. The van der Waals surface area contributed by atoms with Crippen molar-refractivity contribution in [1.29, 1.82) is 0 Å². The Morgan fingerprint density at radius 1 is 1.03 bits per heavy atom. The van der Waals surface area contributed by atoms with Crippen molar-refractivity contribution < 1.29 is 23.5 Å². The van der Waals surface area contributed by atoms with Gasteiger partial charge >= 0.3 is 0 Å². The molecule has 8 nitrogen and oxygen atoms in total. The summed E-state index contributed by atoms with van der Waals surface area (Å²) in [7, 11) is 0.